The minimum Gasteiger partial charge on any atom is -0.508 e. The lowest BCUT2D eigenvalue weighted by molar-refractivity contribution is -0.137. The Bertz CT molecular complexity index is 4010. The molecule has 10 bridgehead atoms. The number of nitrogens with two attached hydrogens (primary N) is 1. The number of fused-ring (bicyclic) bond motifs is 16. The van der Waals surface area contributed by atoms with Crippen molar-refractivity contribution in [2.75, 3.05) is 13.1 Å². The molecule has 1 saturated heterocycles. The maximum atomic E-state index is 15.2. The number of hydrogen-bond donors (Lipinski definition) is 9. The lowest BCUT2D eigenvalue weighted by Gasteiger charge is -2.29. The van der Waals surface area contributed by atoms with Crippen molar-refractivity contribution in [3.8, 4) is 49.1 Å². The molecular formula is C58H55N13O10S6. The fourth-order valence-corrected chi connectivity index (χ4v) is 15.4. The van der Waals surface area contributed by atoms with Gasteiger partial charge in [-0.2, -0.15) is 0 Å². The third-order valence-corrected chi connectivity index (χ3v) is 20.1. The number of benzene rings is 2. The molecule has 2 aliphatic rings. The van der Waals surface area contributed by atoms with Gasteiger partial charge in [0.25, 0.3) is 17.7 Å². The van der Waals surface area contributed by atoms with Crippen molar-refractivity contribution in [1.82, 2.24) is 61.1 Å². The number of primary amides is 1. The molecular weight excluding hydrogens is 1230 g/mol. The lowest BCUT2D eigenvalue weighted by Crippen LogP contribution is -2.50. The Balaban J connectivity index is 0.986. The minimum atomic E-state index is -1.40. The van der Waals surface area contributed by atoms with Crippen LogP contribution in [-0.2, 0) is 27.3 Å². The summed E-state index contributed by atoms with van der Waals surface area (Å²) in [6.07, 6.45) is -1.44. The molecule has 1 fully saturated rings. The smallest absolute Gasteiger partial charge is 0.303 e. The molecule has 11 rings (SSSR count). The van der Waals surface area contributed by atoms with E-state index in [1.165, 1.54) is 67.8 Å². The number of amides is 5. The summed E-state index contributed by atoms with van der Waals surface area (Å²) in [6, 6.07) is 14.0. The number of phenols is 1. The van der Waals surface area contributed by atoms with Gasteiger partial charge in [0.15, 0.2) is 0 Å². The van der Waals surface area contributed by atoms with Crippen LogP contribution in [0.5, 0.6) is 5.75 Å². The number of carbonyl (C=O) groups is 6. The van der Waals surface area contributed by atoms with Crippen LogP contribution in [0, 0.1) is 12.8 Å². The zero-order chi connectivity index (χ0) is 61.0. The highest BCUT2D eigenvalue weighted by atomic mass is 32.1. The number of aromatic hydroxyl groups is 1. The van der Waals surface area contributed by atoms with E-state index in [1.807, 2.05) is 29.1 Å². The molecule has 29 heteroatoms. The zero-order valence-corrected chi connectivity index (χ0v) is 51.2. The first-order valence-electron chi connectivity index (χ1n) is 27.3. The molecule has 0 unspecified atom stereocenters. The number of carbonyl (C=O) groups excluding carboxylic acids is 5. The Morgan fingerprint density at radius 2 is 1.37 bits per heavy atom. The summed E-state index contributed by atoms with van der Waals surface area (Å²) in [5.41, 5.74) is 9.78. The normalized spacial score (nSPS) is 19.4. The Morgan fingerprint density at radius 1 is 0.701 bits per heavy atom. The van der Waals surface area contributed by atoms with Crippen molar-refractivity contribution in [2.24, 2.45) is 11.7 Å². The molecule has 87 heavy (non-hydrogen) atoms. The Labute approximate surface area is 520 Å². The average Bonchev–Trinajstić information content (AvgIpc) is 2.54. The number of hydrogen-bond acceptors (Lipinski definition) is 23. The number of rotatable bonds is 14. The fraction of sp³-hybridized carbons (Fsp3) is 0.293. The summed E-state index contributed by atoms with van der Waals surface area (Å²) in [7, 11) is 0. The van der Waals surface area contributed by atoms with E-state index in [0.717, 1.165) is 28.4 Å². The number of nitrogens with zero attached hydrogens (tertiary/aromatic N) is 8. The molecule has 0 spiro atoms. The summed E-state index contributed by atoms with van der Waals surface area (Å²) in [4.78, 5) is 118. The third-order valence-electron chi connectivity index (χ3n) is 14.6. The summed E-state index contributed by atoms with van der Waals surface area (Å²) in [5.74, 6) is -4.76. The van der Waals surface area contributed by atoms with Gasteiger partial charge in [-0.05, 0) is 61.7 Å². The van der Waals surface area contributed by atoms with E-state index in [1.54, 1.807) is 60.8 Å². The summed E-state index contributed by atoms with van der Waals surface area (Å²) >= 11 is 7.21. The highest BCUT2D eigenvalue weighted by Gasteiger charge is 2.45. The number of aromatic nitrogens is 7. The summed E-state index contributed by atoms with van der Waals surface area (Å²) in [6.45, 7) is 4.46. The number of aliphatic hydroxyl groups is 2. The Hall–Kier alpha value is -8.13. The van der Waals surface area contributed by atoms with Crippen LogP contribution in [0.3, 0.4) is 0 Å². The van der Waals surface area contributed by atoms with E-state index >= 15 is 4.79 Å². The van der Waals surface area contributed by atoms with E-state index in [4.69, 9.17) is 35.8 Å². The van der Waals surface area contributed by atoms with Crippen molar-refractivity contribution in [2.45, 2.75) is 88.9 Å². The quantitative estimate of drug-likeness (QED) is 0.0472. The van der Waals surface area contributed by atoms with Gasteiger partial charge in [-0.25, -0.2) is 34.9 Å². The van der Waals surface area contributed by atoms with Crippen LogP contribution in [-0.4, -0.2) is 121 Å². The Kier molecular flexibility index (Phi) is 18.4. The van der Waals surface area contributed by atoms with Crippen LogP contribution in [0.15, 0.2) is 93.6 Å². The van der Waals surface area contributed by atoms with Crippen LogP contribution < -0.4 is 27.0 Å². The SMILES string of the molecule is Cc1sc2nc1C(=O)N[C@@H]([C@H](O)c1ccccc1)c1nc(cs1)C(=O)N[C@@H](Cc1ccc(O)cc1)C(=O)N1C[C@H](O)[C@H](C)[C@H]1c1nc(cs1)-c1nc(cs1)-c1nc(-c3nc(CNCCCCC(=O)O)cs3)ccc1-c1nc(cs1)C(=O)N[C@H]2CC(N)=O. The van der Waals surface area contributed by atoms with E-state index < -0.39 is 77.8 Å². The lowest BCUT2D eigenvalue weighted by atomic mass is 10.00. The van der Waals surface area contributed by atoms with E-state index in [-0.39, 0.29) is 58.7 Å². The maximum absolute atomic E-state index is 15.2. The highest BCUT2D eigenvalue weighted by Crippen LogP contribution is 2.43. The van der Waals surface area contributed by atoms with E-state index in [0.29, 0.717) is 90.3 Å². The largest absolute Gasteiger partial charge is 0.508 e. The van der Waals surface area contributed by atoms with Crippen LogP contribution in [0.1, 0.15) is 125 Å². The number of thiazole rings is 6. The molecule has 448 valence electrons. The standard InChI is InChI=1S/C58H55N13O10S6/c1-27-41(73)21-71-47(27)57-68-40(26-86-57)54-65-37(23-84-54)45-33(15-16-34(62-45)53-61-31(22-82-53)20-60-17-7-6-10-43(75)76)52-66-38(24-83-52)49(78)63-35(19-42(59)74)55-70-44(28(2)87-55)51(80)69-46(48(77)30-8-4-3-5-9-30)56-67-39(25-85-56)50(79)64-36(58(71)81)18-29-11-13-32(72)14-12-29/h3-5,8-9,11-16,22-27,35-36,41,46-48,60,72-73,77H,6-7,10,17-21H2,1-2H3,(H2,59,74)(H,63,78)(H,64,79)(H,69,80)(H,75,76)/t27-,35-,36-,41-,46-,47-,48+/m0/s1. The van der Waals surface area contributed by atoms with Crippen molar-refractivity contribution in [1.29, 1.82) is 0 Å². The molecule has 5 amide bonds. The topological polar surface area (TPSA) is 351 Å². The van der Waals surface area contributed by atoms with Gasteiger partial charge in [-0.3, -0.25) is 28.8 Å². The molecule has 0 radical (unpaired) electrons. The number of unbranched alkanes of at least 4 members (excludes halogenated alkanes) is 1. The first kappa shape index (κ1) is 60.6. The fourth-order valence-electron chi connectivity index (χ4n) is 10.1. The minimum absolute atomic E-state index is 0.00134. The van der Waals surface area contributed by atoms with Crippen LogP contribution in [0.2, 0.25) is 0 Å². The number of aryl methyl sites for hydroxylation is 1. The van der Waals surface area contributed by atoms with Gasteiger partial charge in [-0.1, -0.05) is 49.4 Å². The number of pyridine rings is 1. The van der Waals surface area contributed by atoms with Gasteiger partial charge < -0.3 is 52.3 Å². The molecule has 2 aromatic carbocycles. The van der Waals surface area contributed by atoms with Crippen LogP contribution in [0.25, 0.3) is 43.4 Å². The van der Waals surface area contributed by atoms with Gasteiger partial charge >= 0.3 is 5.97 Å². The van der Waals surface area contributed by atoms with Gasteiger partial charge in [0.1, 0.15) is 88.1 Å². The second-order valence-corrected chi connectivity index (χ2v) is 26.3. The predicted molar refractivity (Wildman–Crippen MR) is 329 cm³/mol. The first-order valence-corrected chi connectivity index (χ1v) is 32.5. The van der Waals surface area contributed by atoms with Crippen LogP contribution in [0.4, 0.5) is 0 Å². The first-order chi connectivity index (χ1) is 41.9. The number of carboxylic acids is 1. The van der Waals surface area contributed by atoms with Gasteiger partial charge in [0.2, 0.25) is 11.8 Å². The maximum Gasteiger partial charge on any atom is 0.303 e. The molecule has 0 saturated carbocycles. The number of nitrogens with one attached hydrogen (secondary N) is 4. The third kappa shape index (κ3) is 13.7. The van der Waals surface area contributed by atoms with Gasteiger partial charge in [-0.15, -0.1) is 68.0 Å². The van der Waals surface area contributed by atoms with Crippen molar-refractivity contribution >= 4 is 104 Å². The van der Waals surface area contributed by atoms with Crippen LogP contribution >= 0.6 is 68.0 Å². The van der Waals surface area contributed by atoms with Gasteiger partial charge in [0, 0.05) is 69.2 Å². The summed E-state index contributed by atoms with van der Waals surface area (Å²) in [5, 5.41) is 65.6. The van der Waals surface area contributed by atoms with Crippen molar-refractivity contribution < 1.29 is 49.2 Å². The Morgan fingerprint density at radius 3 is 2.14 bits per heavy atom. The van der Waals surface area contributed by atoms with E-state index in [9.17, 15) is 39.3 Å². The van der Waals surface area contributed by atoms with Crippen molar-refractivity contribution in [3.05, 3.63) is 147 Å². The molecule has 23 nitrogen and oxygen atoms in total. The molecule has 9 heterocycles. The predicted octanol–water partition coefficient (Wildman–Crippen LogP) is 7.63. The molecule has 0 aliphatic carbocycles. The average molecular weight is 1290 g/mol. The summed E-state index contributed by atoms with van der Waals surface area (Å²) < 4.78 is 0. The number of carboxylic acid groups (broad SMARTS) is 1. The molecule has 2 aliphatic heterocycles. The number of aliphatic hydroxyl groups excluding tert-OH is 2. The number of phenolic OH excluding ortho intramolecular Hbond substituents is 1. The second kappa shape index (κ2) is 26.5. The molecule has 10 N–H and O–H groups in total. The second-order valence-electron chi connectivity index (χ2n) is 20.7. The van der Waals surface area contributed by atoms with Gasteiger partial charge in [0.05, 0.1) is 36.0 Å². The monoisotopic (exact) mass is 1290 g/mol. The highest BCUT2D eigenvalue weighted by molar-refractivity contribution is 7.15. The molecule has 7 atom stereocenters. The van der Waals surface area contributed by atoms with E-state index in [2.05, 4.69) is 31.2 Å². The zero-order valence-electron chi connectivity index (χ0n) is 46.3. The number of aliphatic carboxylic acids is 1. The van der Waals surface area contributed by atoms with Crippen molar-refractivity contribution in [3.63, 3.8) is 0 Å². The molecule has 7 aromatic heterocycles. The molecule has 9 aromatic rings.